The number of carbonyl (C=O) groups is 7. The second-order valence-electron chi connectivity index (χ2n) is 11.4. The van der Waals surface area contributed by atoms with Crippen LogP contribution in [0.4, 0.5) is 0 Å². The van der Waals surface area contributed by atoms with Crippen molar-refractivity contribution in [1.82, 2.24) is 37.2 Å². The Morgan fingerprint density at radius 1 is 0.383 bits per heavy atom. The van der Waals surface area contributed by atoms with E-state index >= 15 is 0 Å². The summed E-state index contributed by atoms with van der Waals surface area (Å²) in [7, 11) is 0. The molecule has 0 spiro atoms. The zero-order chi connectivity index (χ0) is 35.0. The zero-order valence-electron chi connectivity index (χ0n) is 28.3. The summed E-state index contributed by atoms with van der Waals surface area (Å²) < 4.78 is 0. The second-order valence-corrected chi connectivity index (χ2v) is 11.4. The van der Waals surface area contributed by atoms with Crippen LogP contribution in [0.5, 0.6) is 0 Å². The van der Waals surface area contributed by atoms with Crippen LogP contribution in [0.15, 0.2) is 0 Å². The van der Waals surface area contributed by atoms with Gasteiger partial charge in [0.2, 0.25) is 35.4 Å². The van der Waals surface area contributed by atoms with Crippen LogP contribution in [-0.2, 0) is 33.6 Å². The van der Waals surface area contributed by atoms with Gasteiger partial charge in [0, 0.05) is 58.4 Å². The third-order valence-corrected chi connectivity index (χ3v) is 6.99. The fourth-order valence-electron chi connectivity index (χ4n) is 4.37. The lowest BCUT2D eigenvalue weighted by Crippen LogP contribution is -2.43. The minimum Gasteiger partial charge on any atom is -0.481 e. The third-order valence-electron chi connectivity index (χ3n) is 6.99. The van der Waals surface area contributed by atoms with Crippen LogP contribution in [0.1, 0.15) is 110 Å². The van der Waals surface area contributed by atoms with Gasteiger partial charge in [-0.1, -0.05) is 25.7 Å². The molecule has 8 N–H and O–H groups in total. The molecule has 0 aliphatic heterocycles. The van der Waals surface area contributed by atoms with Gasteiger partial charge in [-0.05, 0) is 58.3 Å². The molecule has 6 amide bonds. The number of hydrogen-bond donors (Lipinski definition) is 8. The molecule has 0 fully saturated rings. The van der Waals surface area contributed by atoms with Gasteiger partial charge in [0.25, 0.3) is 0 Å². The van der Waals surface area contributed by atoms with Crippen molar-refractivity contribution in [2.24, 2.45) is 0 Å². The van der Waals surface area contributed by atoms with Crippen LogP contribution >= 0.6 is 0 Å². The van der Waals surface area contributed by atoms with Crippen LogP contribution < -0.4 is 37.2 Å². The largest absolute Gasteiger partial charge is 0.481 e. The van der Waals surface area contributed by atoms with Gasteiger partial charge in [0.1, 0.15) is 0 Å². The monoisotopic (exact) mass is 669 g/mol. The topological polar surface area (TPSA) is 224 Å². The average Bonchev–Trinajstić information content (AvgIpc) is 3.02. The number of nitrogens with one attached hydrogen (secondary N) is 7. The number of carbonyl (C=O) groups excluding carboxylic acids is 6. The molecule has 0 radical (unpaired) electrons. The van der Waals surface area contributed by atoms with Gasteiger partial charge in [0.05, 0.1) is 19.6 Å². The van der Waals surface area contributed by atoms with E-state index in [1.165, 1.54) is 0 Å². The van der Waals surface area contributed by atoms with Crippen molar-refractivity contribution in [1.29, 1.82) is 0 Å². The minimum absolute atomic E-state index is 0.00444. The maximum absolute atomic E-state index is 12.0. The van der Waals surface area contributed by atoms with Gasteiger partial charge in [-0.3, -0.25) is 38.9 Å². The summed E-state index contributed by atoms with van der Waals surface area (Å²) in [6, 6.07) is 0. The Bertz CT molecular complexity index is 933. The molecule has 15 nitrogen and oxygen atoms in total. The highest BCUT2D eigenvalue weighted by atomic mass is 16.4. The lowest BCUT2D eigenvalue weighted by Gasteiger charge is -2.08. The van der Waals surface area contributed by atoms with Crippen molar-refractivity contribution in [3.05, 3.63) is 0 Å². The van der Waals surface area contributed by atoms with E-state index in [2.05, 4.69) is 37.2 Å². The molecule has 0 unspecified atom stereocenters. The van der Waals surface area contributed by atoms with E-state index in [4.69, 9.17) is 5.11 Å². The number of carboxylic acids is 1. The van der Waals surface area contributed by atoms with E-state index in [9.17, 15) is 33.6 Å². The number of aliphatic carboxylic acids is 1. The summed E-state index contributed by atoms with van der Waals surface area (Å²) in [5.41, 5.74) is 0. The standard InChI is InChI=1S/C32H59N7O8/c1-2-34-29(43)23-33-24-30(44)39-25-31(45)38-22-13-5-9-17-27(41)36-20-11-3-7-15-26(40)35-19-12-4-8-16-28(42)37-21-14-6-10-18-32(46)47/h33H,2-25H2,1H3,(H,34,43)(H,35,40)(H,36,41)(H,37,42)(H,38,45)(H,39,44)(H,46,47). The summed E-state index contributed by atoms with van der Waals surface area (Å²) in [6.45, 7) is 4.35. The summed E-state index contributed by atoms with van der Waals surface area (Å²) >= 11 is 0. The third kappa shape index (κ3) is 32.0. The summed E-state index contributed by atoms with van der Waals surface area (Å²) in [4.78, 5) is 81.0. The summed E-state index contributed by atoms with van der Waals surface area (Å²) in [5.74, 6) is -1.67. The molecule has 0 aromatic rings. The Kier molecular flexibility index (Phi) is 28.4. The maximum Gasteiger partial charge on any atom is 0.303 e. The van der Waals surface area contributed by atoms with E-state index in [0.717, 1.165) is 64.2 Å². The first-order valence-electron chi connectivity index (χ1n) is 17.2. The molecule has 47 heavy (non-hydrogen) atoms. The van der Waals surface area contributed by atoms with Crippen molar-refractivity contribution in [2.45, 2.75) is 110 Å². The van der Waals surface area contributed by atoms with Gasteiger partial charge in [-0.2, -0.15) is 0 Å². The molecular formula is C32H59N7O8. The minimum atomic E-state index is -0.794. The molecule has 0 aromatic carbocycles. The quantitative estimate of drug-likeness (QED) is 0.0484. The highest BCUT2D eigenvalue weighted by Crippen LogP contribution is 2.03. The summed E-state index contributed by atoms with van der Waals surface area (Å²) in [5, 5.41) is 27.7. The van der Waals surface area contributed by atoms with E-state index in [1.807, 2.05) is 0 Å². The van der Waals surface area contributed by atoms with Crippen molar-refractivity contribution in [2.75, 3.05) is 52.4 Å². The smallest absolute Gasteiger partial charge is 0.303 e. The first kappa shape index (κ1) is 43.2. The first-order chi connectivity index (χ1) is 22.6. The van der Waals surface area contributed by atoms with Gasteiger partial charge in [0.15, 0.2) is 0 Å². The Morgan fingerprint density at radius 3 is 1.11 bits per heavy atom. The molecule has 0 saturated heterocycles. The Labute approximate surface area is 279 Å². The number of unbranched alkanes of at least 4 members (excludes halogenated alkanes) is 8. The normalized spacial score (nSPS) is 10.5. The summed E-state index contributed by atoms with van der Waals surface area (Å²) in [6.07, 6.45) is 10.7. The van der Waals surface area contributed by atoms with Crippen molar-refractivity contribution >= 4 is 41.4 Å². The van der Waals surface area contributed by atoms with Gasteiger partial charge in [-0.25, -0.2) is 0 Å². The first-order valence-corrected chi connectivity index (χ1v) is 17.2. The molecule has 0 aliphatic rings. The van der Waals surface area contributed by atoms with E-state index < -0.39 is 5.97 Å². The van der Waals surface area contributed by atoms with Crippen LogP contribution in [-0.4, -0.2) is 98.9 Å². The van der Waals surface area contributed by atoms with Gasteiger partial charge < -0.3 is 37.0 Å². The van der Waals surface area contributed by atoms with Gasteiger partial charge in [-0.15, -0.1) is 0 Å². The molecule has 0 heterocycles. The average molecular weight is 670 g/mol. The molecule has 15 heteroatoms. The Morgan fingerprint density at radius 2 is 0.723 bits per heavy atom. The number of carboxylic acid groups (broad SMARTS) is 1. The van der Waals surface area contributed by atoms with Crippen LogP contribution in [0, 0.1) is 0 Å². The molecule has 270 valence electrons. The number of likely N-dealkylation sites (N-methyl/N-ethyl adjacent to an activating group) is 1. The molecular weight excluding hydrogens is 610 g/mol. The Hall–Kier alpha value is -3.75. The molecule has 0 atom stereocenters. The highest BCUT2D eigenvalue weighted by Gasteiger charge is 2.07. The van der Waals surface area contributed by atoms with Gasteiger partial charge >= 0.3 is 5.97 Å². The van der Waals surface area contributed by atoms with Crippen LogP contribution in [0.3, 0.4) is 0 Å². The zero-order valence-corrected chi connectivity index (χ0v) is 28.3. The molecule has 0 aromatic heterocycles. The van der Waals surface area contributed by atoms with Crippen LogP contribution in [0.2, 0.25) is 0 Å². The van der Waals surface area contributed by atoms with Crippen molar-refractivity contribution in [3.8, 4) is 0 Å². The van der Waals surface area contributed by atoms with Crippen molar-refractivity contribution < 1.29 is 38.7 Å². The van der Waals surface area contributed by atoms with E-state index in [1.54, 1.807) is 6.92 Å². The van der Waals surface area contributed by atoms with E-state index in [0.29, 0.717) is 64.8 Å². The second kappa shape index (κ2) is 30.9. The molecule has 0 aliphatic carbocycles. The molecule has 0 bridgehead atoms. The fourth-order valence-corrected chi connectivity index (χ4v) is 4.37. The SMILES string of the molecule is CCNC(=O)CNCC(=O)NCC(=O)NCCCCCC(=O)NCCCCCC(=O)NCCCCCC(=O)NCCCCCC(=O)O. The highest BCUT2D eigenvalue weighted by molar-refractivity contribution is 5.86. The molecule has 0 rings (SSSR count). The predicted octanol–water partition coefficient (Wildman–Crippen LogP) is 0.619. The number of rotatable bonds is 31. The lowest BCUT2D eigenvalue weighted by atomic mass is 10.1. The Balaban J connectivity index is 3.50. The number of amides is 6. The van der Waals surface area contributed by atoms with Crippen molar-refractivity contribution in [3.63, 3.8) is 0 Å². The fraction of sp³-hybridized carbons (Fsp3) is 0.781. The van der Waals surface area contributed by atoms with E-state index in [-0.39, 0.29) is 61.5 Å². The maximum atomic E-state index is 12.0. The predicted molar refractivity (Wildman–Crippen MR) is 178 cm³/mol. The molecule has 0 saturated carbocycles. The lowest BCUT2D eigenvalue weighted by molar-refractivity contribution is -0.137. The van der Waals surface area contributed by atoms with Crippen LogP contribution in [0.25, 0.3) is 0 Å². The number of hydrogen-bond acceptors (Lipinski definition) is 8.